The second kappa shape index (κ2) is 9.57. The molecule has 0 saturated heterocycles. The fourth-order valence-corrected chi connectivity index (χ4v) is 4.28. The zero-order chi connectivity index (χ0) is 27.0. The molecule has 0 unspecified atom stereocenters. The number of fused-ring (bicyclic) bond motifs is 2. The lowest BCUT2D eigenvalue weighted by atomic mass is 10.1. The normalized spacial score (nSPS) is 12.2. The summed E-state index contributed by atoms with van der Waals surface area (Å²) < 4.78 is 3.04. The van der Waals surface area contributed by atoms with Crippen LogP contribution in [0.5, 0.6) is 0 Å². The topological polar surface area (TPSA) is 114 Å². The second-order valence-electron chi connectivity index (χ2n) is 9.50. The molecule has 190 valence electrons. The molecule has 9 nitrogen and oxygen atoms in total. The van der Waals surface area contributed by atoms with E-state index in [4.69, 9.17) is 4.98 Å². The van der Waals surface area contributed by atoms with Crippen molar-refractivity contribution < 1.29 is 9.90 Å². The number of amides is 1. The number of aliphatic hydroxyl groups is 1. The number of nitrogens with one attached hydrogen (secondary N) is 1. The van der Waals surface area contributed by atoms with Crippen LogP contribution in [0.1, 0.15) is 54.3 Å². The number of aryl methyl sites for hydroxylation is 1. The van der Waals surface area contributed by atoms with E-state index in [-0.39, 0.29) is 11.5 Å². The van der Waals surface area contributed by atoms with E-state index in [1.165, 1.54) is 4.57 Å². The maximum atomic E-state index is 14.0. The van der Waals surface area contributed by atoms with Gasteiger partial charge in [0.1, 0.15) is 17.0 Å². The Morgan fingerprint density at radius 3 is 2.61 bits per heavy atom. The number of rotatable bonds is 4. The first-order chi connectivity index (χ1) is 18.1. The van der Waals surface area contributed by atoms with Crippen molar-refractivity contribution >= 4 is 22.5 Å². The van der Waals surface area contributed by atoms with Crippen LogP contribution in [0.25, 0.3) is 22.2 Å². The molecule has 38 heavy (non-hydrogen) atoms. The van der Waals surface area contributed by atoms with Crippen molar-refractivity contribution in [2.24, 2.45) is 0 Å². The molecule has 0 radical (unpaired) electrons. The Labute approximate surface area is 218 Å². The number of carbonyl (C=O) groups is 1. The van der Waals surface area contributed by atoms with Gasteiger partial charge in [-0.2, -0.15) is 5.10 Å². The summed E-state index contributed by atoms with van der Waals surface area (Å²) in [5, 5.41) is 17.8. The number of hydrogen-bond donors (Lipinski definition) is 2. The van der Waals surface area contributed by atoms with E-state index < -0.39 is 11.6 Å². The molecule has 1 atom stereocenters. The fraction of sp³-hybridized carbons (Fsp3) is 0.207. The molecule has 0 fully saturated rings. The summed E-state index contributed by atoms with van der Waals surface area (Å²) in [6.45, 7) is 6.68. The number of hydrogen-bond acceptors (Lipinski definition) is 6. The maximum absolute atomic E-state index is 14.0. The van der Waals surface area contributed by atoms with Gasteiger partial charge in [-0.3, -0.25) is 14.2 Å². The molecule has 0 aliphatic heterocycles. The average Bonchev–Trinajstić information content (AvgIpc) is 3.23. The van der Waals surface area contributed by atoms with Gasteiger partial charge in [-0.25, -0.2) is 14.5 Å². The van der Waals surface area contributed by atoms with Gasteiger partial charge in [0.15, 0.2) is 5.65 Å². The molecule has 0 aliphatic carbocycles. The van der Waals surface area contributed by atoms with Gasteiger partial charge in [0, 0.05) is 18.0 Å². The van der Waals surface area contributed by atoms with E-state index >= 15 is 0 Å². The lowest BCUT2D eigenvalue weighted by Gasteiger charge is -2.20. The molecular formula is C29H26N6O3. The fourth-order valence-electron chi connectivity index (χ4n) is 4.28. The van der Waals surface area contributed by atoms with Crippen LogP contribution in [0, 0.1) is 18.8 Å². The summed E-state index contributed by atoms with van der Waals surface area (Å²) >= 11 is 0. The van der Waals surface area contributed by atoms with E-state index in [0.29, 0.717) is 44.9 Å². The highest BCUT2D eigenvalue weighted by molar-refractivity contribution is 6.01. The van der Waals surface area contributed by atoms with Crippen LogP contribution in [0.15, 0.2) is 71.8 Å². The average molecular weight is 507 g/mol. The smallest absolute Gasteiger partial charge is 0.267 e. The number of benzene rings is 2. The molecule has 1 amide bonds. The van der Waals surface area contributed by atoms with Gasteiger partial charge in [0.25, 0.3) is 11.5 Å². The summed E-state index contributed by atoms with van der Waals surface area (Å²) in [6, 6.07) is 15.4. The summed E-state index contributed by atoms with van der Waals surface area (Å²) in [5.74, 6) is 5.69. The first kappa shape index (κ1) is 24.9. The molecular weight excluding hydrogens is 480 g/mol. The van der Waals surface area contributed by atoms with Crippen LogP contribution in [0.3, 0.4) is 0 Å². The molecule has 0 bridgehead atoms. The SMILES string of the molecule is Cc1nn2cccnc2c1C(=O)N[C@@H](C)c1nc2cccc(C#CC(C)(C)O)c2c(=O)n1-c1ccccc1. The monoisotopic (exact) mass is 506 g/mol. The zero-order valence-corrected chi connectivity index (χ0v) is 21.4. The maximum Gasteiger partial charge on any atom is 0.267 e. The summed E-state index contributed by atoms with van der Waals surface area (Å²) in [5.41, 5.74) is 1.28. The largest absolute Gasteiger partial charge is 0.378 e. The Kier molecular flexibility index (Phi) is 6.27. The highest BCUT2D eigenvalue weighted by Crippen LogP contribution is 2.21. The van der Waals surface area contributed by atoms with Crippen molar-refractivity contribution in [3.05, 3.63) is 100.0 Å². The van der Waals surface area contributed by atoms with E-state index in [2.05, 4.69) is 27.2 Å². The molecule has 0 aliphatic rings. The van der Waals surface area contributed by atoms with Crippen molar-refractivity contribution in [2.45, 2.75) is 39.3 Å². The van der Waals surface area contributed by atoms with Gasteiger partial charge in [-0.1, -0.05) is 36.1 Å². The van der Waals surface area contributed by atoms with Crippen LogP contribution in [0.4, 0.5) is 0 Å². The molecule has 3 aromatic heterocycles. The Bertz CT molecular complexity index is 1800. The van der Waals surface area contributed by atoms with Crippen LogP contribution in [0.2, 0.25) is 0 Å². The standard InChI is InChI=1S/C29H26N6O3/c1-18-23(26-30-16-9-17-34(26)33-18)27(36)31-19(2)25-32-22-13-8-10-20(14-15-29(3,4)38)24(22)28(37)35(25)21-11-6-5-7-12-21/h5-13,16-17,19,38H,1-4H3,(H,31,36)/t19-/m0/s1. The van der Waals surface area contributed by atoms with Crippen molar-refractivity contribution in [1.82, 2.24) is 29.5 Å². The van der Waals surface area contributed by atoms with E-state index in [1.54, 1.807) is 81.0 Å². The molecule has 3 heterocycles. The first-order valence-corrected chi connectivity index (χ1v) is 12.1. The minimum absolute atomic E-state index is 0.327. The Morgan fingerprint density at radius 1 is 1.11 bits per heavy atom. The Morgan fingerprint density at radius 2 is 1.87 bits per heavy atom. The summed E-state index contributed by atoms with van der Waals surface area (Å²) in [4.78, 5) is 36.5. The number of nitrogens with zero attached hydrogens (tertiary/aromatic N) is 5. The Hall–Kier alpha value is -4.81. The molecule has 2 aromatic carbocycles. The molecule has 9 heteroatoms. The second-order valence-corrected chi connectivity index (χ2v) is 9.50. The van der Waals surface area contributed by atoms with E-state index in [9.17, 15) is 14.7 Å². The van der Waals surface area contributed by atoms with Gasteiger partial charge in [0.2, 0.25) is 0 Å². The van der Waals surface area contributed by atoms with E-state index in [0.717, 1.165) is 0 Å². The molecule has 0 saturated carbocycles. The third-order valence-electron chi connectivity index (χ3n) is 5.97. The van der Waals surface area contributed by atoms with Crippen molar-refractivity contribution in [3.63, 3.8) is 0 Å². The number of carbonyl (C=O) groups excluding carboxylic acids is 1. The predicted octanol–water partition coefficient (Wildman–Crippen LogP) is 3.35. The first-order valence-electron chi connectivity index (χ1n) is 12.1. The minimum Gasteiger partial charge on any atom is -0.378 e. The summed E-state index contributed by atoms with van der Waals surface area (Å²) in [7, 11) is 0. The van der Waals surface area contributed by atoms with E-state index in [1.807, 2.05) is 18.2 Å². The number of aromatic nitrogens is 5. The zero-order valence-electron chi connectivity index (χ0n) is 21.4. The van der Waals surface area contributed by atoms with Gasteiger partial charge >= 0.3 is 0 Å². The molecule has 2 N–H and O–H groups in total. The van der Waals surface area contributed by atoms with Crippen molar-refractivity contribution in [2.75, 3.05) is 0 Å². The highest BCUT2D eigenvalue weighted by Gasteiger charge is 2.24. The van der Waals surface area contributed by atoms with Gasteiger partial charge in [0.05, 0.1) is 28.3 Å². The third kappa shape index (κ3) is 4.65. The van der Waals surface area contributed by atoms with Crippen LogP contribution >= 0.6 is 0 Å². The van der Waals surface area contributed by atoms with Crippen LogP contribution in [-0.4, -0.2) is 40.8 Å². The van der Waals surface area contributed by atoms with Crippen molar-refractivity contribution in [3.8, 4) is 17.5 Å². The highest BCUT2D eigenvalue weighted by atomic mass is 16.3. The van der Waals surface area contributed by atoms with Gasteiger partial charge in [-0.15, -0.1) is 0 Å². The van der Waals surface area contributed by atoms with Crippen LogP contribution < -0.4 is 10.9 Å². The van der Waals surface area contributed by atoms with Gasteiger partial charge in [-0.05, 0) is 58.0 Å². The Balaban J connectivity index is 1.66. The predicted molar refractivity (Wildman–Crippen MR) is 144 cm³/mol. The number of para-hydroxylation sites is 1. The lowest BCUT2D eigenvalue weighted by Crippen LogP contribution is -2.33. The third-order valence-corrected chi connectivity index (χ3v) is 5.97. The van der Waals surface area contributed by atoms with Crippen molar-refractivity contribution in [1.29, 1.82) is 0 Å². The lowest BCUT2D eigenvalue weighted by molar-refractivity contribution is 0.0938. The summed E-state index contributed by atoms with van der Waals surface area (Å²) in [6.07, 6.45) is 3.33. The van der Waals surface area contributed by atoms with Gasteiger partial charge < -0.3 is 10.4 Å². The molecule has 5 rings (SSSR count). The quantitative estimate of drug-likeness (QED) is 0.362. The molecule has 5 aromatic rings. The van der Waals surface area contributed by atoms with Crippen LogP contribution in [-0.2, 0) is 0 Å². The molecule has 0 spiro atoms. The minimum atomic E-state index is -1.22.